The SMILES string of the molecule is O=C(O)c1cc(S(=O)(=O)N2CCCCO2)cn1C1CC1. The lowest BCUT2D eigenvalue weighted by atomic mass is 10.3. The summed E-state index contributed by atoms with van der Waals surface area (Å²) in [6.07, 6.45) is 4.75. The number of aromatic carboxylic acids is 1. The molecular formula is C12H16N2O5S. The average molecular weight is 300 g/mol. The number of hydrogen-bond donors (Lipinski definition) is 1. The summed E-state index contributed by atoms with van der Waals surface area (Å²) in [5.74, 6) is -1.11. The first-order valence-electron chi connectivity index (χ1n) is 6.61. The first-order valence-corrected chi connectivity index (χ1v) is 8.05. The number of nitrogens with zero attached hydrogens (tertiary/aromatic N) is 2. The van der Waals surface area contributed by atoms with Gasteiger partial charge in [-0.3, -0.25) is 4.84 Å². The number of carbonyl (C=O) groups is 1. The van der Waals surface area contributed by atoms with Gasteiger partial charge in [0.25, 0.3) is 10.0 Å². The van der Waals surface area contributed by atoms with E-state index in [1.165, 1.54) is 12.3 Å². The molecule has 0 aromatic carbocycles. The molecule has 3 rings (SSSR count). The highest BCUT2D eigenvalue weighted by Crippen LogP contribution is 2.37. The zero-order valence-corrected chi connectivity index (χ0v) is 11.7. The summed E-state index contributed by atoms with van der Waals surface area (Å²) in [6, 6.07) is 1.32. The molecule has 1 aliphatic heterocycles. The number of rotatable bonds is 4. The average Bonchev–Trinajstić information content (AvgIpc) is 3.17. The van der Waals surface area contributed by atoms with Crippen molar-refractivity contribution in [3.8, 4) is 0 Å². The Kier molecular flexibility index (Phi) is 3.31. The van der Waals surface area contributed by atoms with E-state index in [2.05, 4.69) is 0 Å². The Labute approximate surface area is 116 Å². The smallest absolute Gasteiger partial charge is 0.352 e. The van der Waals surface area contributed by atoms with Gasteiger partial charge in [-0.05, 0) is 31.7 Å². The molecule has 1 saturated carbocycles. The van der Waals surface area contributed by atoms with Gasteiger partial charge in [-0.15, -0.1) is 0 Å². The first kappa shape index (κ1) is 13.6. The molecule has 2 aliphatic rings. The van der Waals surface area contributed by atoms with Crippen molar-refractivity contribution in [3.63, 3.8) is 0 Å². The summed E-state index contributed by atoms with van der Waals surface area (Å²) in [5.41, 5.74) is 0.0167. The summed E-state index contributed by atoms with van der Waals surface area (Å²) in [7, 11) is -3.78. The van der Waals surface area contributed by atoms with Gasteiger partial charge in [-0.25, -0.2) is 13.2 Å². The van der Waals surface area contributed by atoms with Crippen LogP contribution in [0.5, 0.6) is 0 Å². The Hall–Kier alpha value is -1.38. The molecule has 2 fully saturated rings. The Bertz CT molecular complexity index is 626. The van der Waals surface area contributed by atoms with Gasteiger partial charge in [0.1, 0.15) is 10.6 Å². The van der Waals surface area contributed by atoms with Crippen LogP contribution < -0.4 is 0 Å². The highest BCUT2D eigenvalue weighted by Gasteiger charge is 2.33. The summed E-state index contributed by atoms with van der Waals surface area (Å²) in [5, 5.41) is 9.17. The molecule has 0 bridgehead atoms. The van der Waals surface area contributed by atoms with E-state index in [1.807, 2.05) is 0 Å². The molecule has 1 aromatic rings. The van der Waals surface area contributed by atoms with E-state index in [4.69, 9.17) is 4.84 Å². The number of aromatic nitrogens is 1. The Morgan fingerprint density at radius 2 is 2.10 bits per heavy atom. The maximum atomic E-state index is 12.4. The van der Waals surface area contributed by atoms with Crippen LogP contribution in [-0.4, -0.2) is 41.7 Å². The lowest BCUT2D eigenvalue weighted by molar-refractivity contribution is -0.108. The minimum atomic E-state index is -3.78. The minimum absolute atomic E-state index is 0.0105. The van der Waals surface area contributed by atoms with Crippen molar-refractivity contribution >= 4 is 16.0 Å². The summed E-state index contributed by atoms with van der Waals surface area (Å²) in [6.45, 7) is 0.674. The summed E-state index contributed by atoms with van der Waals surface area (Å²) in [4.78, 5) is 16.4. The molecule has 1 aromatic heterocycles. The molecule has 0 amide bonds. The maximum absolute atomic E-state index is 12.4. The van der Waals surface area contributed by atoms with E-state index in [9.17, 15) is 18.3 Å². The molecule has 8 heteroatoms. The Morgan fingerprint density at radius 1 is 1.35 bits per heavy atom. The zero-order valence-electron chi connectivity index (χ0n) is 10.9. The Morgan fingerprint density at radius 3 is 2.65 bits per heavy atom. The lowest BCUT2D eigenvalue weighted by Crippen LogP contribution is -2.35. The van der Waals surface area contributed by atoms with E-state index < -0.39 is 16.0 Å². The quantitative estimate of drug-likeness (QED) is 0.903. The van der Waals surface area contributed by atoms with Crippen LogP contribution in [0, 0.1) is 0 Å². The molecule has 110 valence electrons. The Balaban J connectivity index is 1.96. The van der Waals surface area contributed by atoms with Crippen LogP contribution in [0.25, 0.3) is 0 Å². The molecular weight excluding hydrogens is 284 g/mol. The molecule has 1 N–H and O–H groups in total. The van der Waals surface area contributed by atoms with Crippen LogP contribution in [0.2, 0.25) is 0 Å². The molecule has 20 heavy (non-hydrogen) atoms. The van der Waals surface area contributed by atoms with Crippen LogP contribution >= 0.6 is 0 Å². The molecule has 1 saturated heterocycles. The van der Waals surface area contributed by atoms with Gasteiger partial charge in [-0.2, -0.15) is 0 Å². The van der Waals surface area contributed by atoms with Gasteiger partial charge in [-0.1, -0.05) is 4.47 Å². The largest absolute Gasteiger partial charge is 0.477 e. The number of sulfonamides is 1. The van der Waals surface area contributed by atoms with Crippen molar-refractivity contribution in [2.24, 2.45) is 0 Å². The van der Waals surface area contributed by atoms with Gasteiger partial charge in [0, 0.05) is 18.8 Å². The second-order valence-corrected chi connectivity index (χ2v) is 6.91. The fourth-order valence-corrected chi connectivity index (χ4v) is 3.63. The van der Waals surface area contributed by atoms with E-state index in [0.29, 0.717) is 13.2 Å². The molecule has 7 nitrogen and oxygen atoms in total. The molecule has 0 atom stereocenters. The topological polar surface area (TPSA) is 88.8 Å². The van der Waals surface area contributed by atoms with Crippen LogP contribution in [0.15, 0.2) is 17.2 Å². The molecule has 2 heterocycles. The van der Waals surface area contributed by atoms with Crippen LogP contribution in [0.1, 0.15) is 42.2 Å². The summed E-state index contributed by atoms with van der Waals surface area (Å²) < 4.78 is 27.3. The highest BCUT2D eigenvalue weighted by molar-refractivity contribution is 7.89. The molecule has 0 unspecified atom stereocenters. The van der Waals surface area contributed by atoms with Gasteiger partial charge in [0.05, 0.1) is 6.61 Å². The van der Waals surface area contributed by atoms with Gasteiger partial charge >= 0.3 is 5.97 Å². The predicted octanol–water partition coefficient (Wildman–Crippen LogP) is 1.24. The van der Waals surface area contributed by atoms with Crippen molar-refractivity contribution in [3.05, 3.63) is 18.0 Å². The second-order valence-electron chi connectivity index (χ2n) is 5.08. The number of hydrogen-bond acceptors (Lipinski definition) is 4. The number of carboxylic acid groups (broad SMARTS) is 1. The van der Waals surface area contributed by atoms with E-state index in [1.54, 1.807) is 4.57 Å². The first-order chi connectivity index (χ1) is 9.50. The fraction of sp³-hybridized carbons (Fsp3) is 0.583. The normalized spacial score (nSPS) is 21.0. The van der Waals surface area contributed by atoms with E-state index in [-0.39, 0.29) is 16.6 Å². The third-order valence-electron chi connectivity index (χ3n) is 3.52. The molecule has 0 spiro atoms. The molecule has 1 aliphatic carbocycles. The molecule has 0 radical (unpaired) electrons. The van der Waals surface area contributed by atoms with Crippen molar-refractivity contribution in [1.29, 1.82) is 0 Å². The standard InChI is InChI=1S/C12H16N2O5S/c15-12(16)11-7-10(8-13(11)9-3-4-9)20(17,18)14-5-1-2-6-19-14/h7-9H,1-6H2,(H,15,16). The van der Waals surface area contributed by atoms with E-state index >= 15 is 0 Å². The minimum Gasteiger partial charge on any atom is -0.477 e. The van der Waals surface area contributed by atoms with Gasteiger partial charge in [0.15, 0.2) is 0 Å². The van der Waals surface area contributed by atoms with Crippen LogP contribution in [0.3, 0.4) is 0 Å². The van der Waals surface area contributed by atoms with Crippen molar-refractivity contribution in [2.45, 2.75) is 36.6 Å². The van der Waals surface area contributed by atoms with Crippen molar-refractivity contribution in [1.82, 2.24) is 9.04 Å². The lowest BCUT2D eigenvalue weighted by Gasteiger charge is -2.24. The fourth-order valence-electron chi connectivity index (χ4n) is 2.30. The third kappa shape index (κ3) is 2.34. The second kappa shape index (κ2) is 4.87. The van der Waals surface area contributed by atoms with Crippen LogP contribution in [0.4, 0.5) is 0 Å². The number of hydroxylamine groups is 1. The highest BCUT2D eigenvalue weighted by atomic mass is 32.2. The van der Waals surface area contributed by atoms with Crippen LogP contribution in [-0.2, 0) is 14.9 Å². The zero-order chi connectivity index (χ0) is 14.3. The maximum Gasteiger partial charge on any atom is 0.352 e. The van der Waals surface area contributed by atoms with Crippen molar-refractivity contribution in [2.75, 3.05) is 13.2 Å². The van der Waals surface area contributed by atoms with Gasteiger partial charge < -0.3 is 9.67 Å². The third-order valence-corrected chi connectivity index (χ3v) is 5.16. The predicted molar refractivity (Wildman–Crippen MR) is 68.7 cm³/mol. The van der Waals surface area contributed by atoms with Crippen molar-refractivity contribution < 1.29 is 23.2 Å². The number of carboxylic acids is 1. The monoisotopic (exact) mass is 300 g/mol. The van der Waals surface area contributed by atoms with Gasteiger partial charge in [0.2, 0.25) is 0 Å². The summed E-state index contributed by atoms with van der Waals surface area (Å²) >= 11 is 0. The van der Waals surface area contributed by atoms with E-state index in [0.717, 1.165) is 30.2 Å².